The topological polar surface area (TPSA) is 93.4 Å². The standard InChI is InChI=1S/C14H17N3O3/c1-17(14(20)16-8-2-3-13(18)19)10-12-6-4-11(9-15)5-7-12/h4-7H,2-3,8,10H2,1H3,(H,16,20)(H,18,19). The minimum Gasteiger partial charge on any atom is -0.481 e. The van der Waals surface area contributed by atoms with Crippen molar-refractivity contribution < 1.29 is 14.7 Å². The molecule has 2 amide bonds. The molecule has 1 aromatic carbocycles. The molecule has 0 saturated heterocycles. The number of hydrogen-bond acceptors (Lipinski definition) is 3. The van der Waals surface area contributed by atoms with Gasteiger partial charge >= 0.3 is 12.0 Å². The molecule has 106 valence electrons. The molecule has 0 heterocycles. The van der Waals surface area contributed by atoms with Gasteiger partial charge in [0.15, 0.2) is 0 Å². The Hall–Kier alpha value is -2.55. The second kappa shape index (κ2) is 7.79. The smallest absolute Gasteiger partial charge is 0.317 e. The molecule has 6 heteroatoms. The summed E-state index contributed by atoms with van der Waals surface area (Å²) in [5.74, 6) is -0.870. The molecule has 1 aromatic rings. The number of nitrogens with zero attached hydrogens (tertiary/aromatic N) is 2. The third-order valence-electron chi connectivity index (χ3n) is 2.69. The quantitative estimate of drug-likeness (QED) is 0.770. The van der Waals surface area contributed by atoms with E-state index in [-0.39, 0.29) is 12.5 Å². The highest BCUT2D eigenvalue weighted by atomic mass is 16.4. The van der Waals surface area contributed by atoms with Crippen LogP contribution in [0.15, 0.2) is 24.3 Å². The van der Waals surface area contributed by atoms with Crippen molar-refractivity contribution >= 4 is 12.0 Å². The van der Waals surface area contributed by atoms with Crippen molar-refractivity contribution in [1.29, 1.82) is 5.26 Å². The Labute approximate surface area is 117 Å². The zero-order valence-electron chi connectivity index (χ0n) is 11.3. The number of aliphatic carboxylic acids is 1. The number of carbonyl (C=O) groups excluding carboxylic acids is 1. The molecule has 0 aromatic heterocycles. The van der Waals surface area contributed by atoms with Gasteiger partial charge in [0.1, 0.15) is 0 Å². The van der Waals surface area contributed by atoms with Crippen LogP contribution in [0.25, 0.3) is 0 Å². The average molecular weight is 275 g/mol. The van der Waals surface area contributed by atoms with Crippen molar-refractivity contribution in [2.45, 2.75) is 19.4 Å². The molecular weight excluding hydrogens is 258 g/mol. The minimum atomic E-state index is -0.870. The first-order valence-electron chi connectivity index (χ1n) is 6.22. The van der Waals surface area contributed by atoms with Gasteiger partial charge in [-0.2, -0.15) is 5.26 Å². The molecule has 6 nitrogen and oxygen atoms in total. The summed E-state index contributed by atoms with van der Waals surface area (Å²) in [6.07, 6.45) is 0.450. The molecule has 0 atom stereocenters. The second-order valence-electron chi connectivity index (χ2n) is 4.39. The molecule has 1 rings (SSSR count). The Balaban J connectivity index is 2.37. The lowest BCUT2D eigenvalue weighted by Crippen LogP contribution is -2.37. The predicted molar refractivity (Wildman–Crippen MR) is 72.9 cm³/mol. The number of benzene rings is 1. The first-order valence-corrected chi connectivity index (χ1v) is 6.22. The summed E-state index contributed by atoms with van der Waals surface area (Å²) in [7, 11) is 1.66. The normalized spacial score (nSPS) is 9.60. The lowest BCUT2D eigenvalue weighted by atomic mass is 10.1. The van der Waals surface area contributed by atoms with Crippen molar-refractivity contribution in [3.05, 3.63) is 35.4 Å². The van der Waals surface area contributed by atoms with Gasteiger partial charge in [-0.3, -0.25) is 4.79 Å². The summed E-state index contributed by atoms with van der Waals surface area (Å²) in [6.45, 7) is 0.763. The van der Waals surface area contributed by atoms with Crippen LogP contribution in [0, 0.1) is 11.3 Å². The molecule has 0 bridgehead atoms. The van der Waals surface area contributed by atoms with Crippen LogP contribution in [0.4, 0.5) is 4.79 Å². The van der Waals surface area contributed by atoms with Crippen molar-refractivity contribution in [3.8, 4) is 6.07 Å². The summed E-state index contributed by atoms with van der Waals surface area (Å²) in [6, 6.07) is 8.78. The minimum absolute atomic E-state index is 0.0413. The van der Waals surface area contributed by atoms with Crippen LogP contribution in [-0.4, -0.2) is 35.6 Å². The summed E-state index contributed by atoms with van der Waals surface area (Å²) in [4.78, 5) is 23.6. The van der Waals surface area contributed by atoms with Crippen molar-refractivity contribution in [2.75, 3.05) is 13.6 Å². The Morgan fingerprint density at radius 3 is 2.55 bits per heavy atom. The zero-order chi connectivity index (χ0) is 15.0. The third-order valence-corrected chi connectivity index (χ3v) is 2.69. The van der Waals surface area contributed by atoms with Crippen molar-refractivity contribution in [3.63, 3.8) is 0 Å². The van der Waals surface area contributed by atoms with E-state index in [0.717, 1.165) is 5.56 Å². The Morgan fingerprint density at radius 1 is 1.35 bits per heavy atom. The van der Waals surface area contributed by atoms with E-state index in [1.807, 2.05) is 6.07 Å². The van der Waals surface area contributed by atoms with Gasteiger partial charge in [0.2, 0.25) is 0 Å². The van der Waals surface area contributed by atoms with Crippen LogP contribution in [0.5, 0.6) is 0 Å². The molecule has 20 heavy (non-hydrogen) atoms. The number of amides is 2. The monoisotopic (exact) mass is 275 g/mol. The predicted octanol–water partition coefficient (Wildman–Crippen LogP) is 1.56. The molecule has 2 N–H and O–H groups in total. The fourth-order valence-electron chi connectivity index (χ4n) is 1.60. The summed E-state index contributed by atoms with van der Waals surface area (Å²) >= 11 is 0. The average Bonchev–Trinajstić information content (AvgIpc) is 2.44. The molecule has 0 aliphatic rings. The number of hydrogen-bond donors (Lipinski definition) is 2. The maximum atomic E-state index is 11.7. The van der Waals surface area contributed by atoms with E-state index in [1.54, 1.807) is 31.3 Å². The number of nitriles is 1. The fraction of sp³-hybridized carbons (Fsp3) is 0.357. The van der Waals surface area contributed by atoms with Crippen LogP contribution in [0.1, 0.15) is 24.0 Å². The molecule has 0 fully saturated rings. The number of nitrogens with one attached hydrogen (secondary N) is 1. The van der Waals surface area contributed by atoms with Gasteiger partial charge in [-0.25, -0.2) is 4.79 Å². The molecule has 0 aliphatic carbocycles. The van der Waals surface area contributed by atoms with Gasteiger partial charge in [-0.05, 0) is 24.1 Å². The van der Waals surface area contributed by atoms with Crippen LogP contribution in [-0.2, 0) is 11.3 Å². The van der Waals surface area contributed by atoms with Crippen LogP contribution < -0.4 is 5.32 Å². The lowest BCUT2D eigenvalue weighted by Gasteiger charge is -2.18. The van der Waals surface area contributed by atoms with Gasteiger partial charge in [-0.15, -0.1) is 0 Å². The number of urea groups is 1. The van der Waals surface area contributed by atoms with Gasteiger partial charge in [0, 0.05) is 26.6 Å². The van der Waals surface area contributed by atoms with E-state index in [4.69, 9.17) is 10.4 Å². The van der Waals surface area contributed by atoms with E-state index >= 15 is 0 Å². The SMILES string of the molecule is CN(Cc1ccc(C#N)cc1)C(=O)NCCCC(=O)O. The maximum absolute atomic E-state index is 11.7. The van der Waals surface area contributed by atoms with Crippen LogP contribution in [0.2, 0.25) is 0 Å². The summed E-state index contributed by atoms with van der Waals surface area (Å²) in [5.41, 5.74) is 1.50. The molecule has 0 spiro atoms. The van der Waals surface area contributed by atoms with Gasteiger partial charge in [0.05, 0.1) is 11.6 Å². The van der Waals surface area contributed by atoms with Crippen molar-refractivity contribution in [2.24, 2.45) is 0 Å². The van der Waals surface area contributed by atoms with E-state index in [9.17, 15) is 9.59 Å². The third kappa shape index (κ3) is 5.40. The second-order valence-corrected chi connectivity index (χ2v) is 4.39. The van der Waals surface area contributed by atoms with Gasteiger partial charge in [0.25, 0.3) is 0 Å². The van der Waals surface area contributed by atoms with E-state index in [0.29, 0.717) is 25.1 Å². The first kappa shape index (κ1) is 15.5. The fourth-order valence-corrected chi connectivity index (χ4v) is 1.60. The maximum Gasteiger partial charge on any atom is 0.317 e. The highest BCUT2D eigenvalue weighted by Gasteiger charge is 2.08. The molecule has 0 radical (unpaired) electrons. The number of carboxylic acids is 1. The largest absolute Gasteiger partial charge is 0.481 e. The summed E-state index contributed by atoms with van der Waals surface area (Å²) in [5, 5.41) is 19.8. The molecule has 0 unspecified atom stereocenters. The highest BCUT2D eigenvalue weighted by Crippen LogP contribution is 2.06. The van der Waals surface area contributed by atoms with Gasteiger partial charge < -0.3 is 15.3 Å². The Kier molecular flexibility index (Phi) is 6.04. The van der Waals surface area contributed by atoms with E-state index < -0.39 is 5.97 Å². The summed E-state index contributed by atoms with van der Waals surface area (Å²) < 4.78 is 0. The number of carboxylic acid groups (broad SMARTS) is 1. The van der Waals surface area contributed by atoms with Crippen molar-refractivity contribution in [1.82, 2.24) is 10.2 Å². The molecular formula is C14H17N3O3. The molecule has 0 aliphatic heterocycles. The van der Waals surface area contributed by atoms with Gasteiger partial charge in [-0.1, -0.05) is 12.1 Å². The van der Waals surface area contributed by atoms with Crippen LogP contribution >= 0.6 is 0 Å². The molecule has 0 saturated carbocycles. The number of rotatable bonds is 6. The first-order chi connectivity index (χ1) is 9.52. The highest BCUT2D eigenvalue weighted by molar-refractivity contribution is 5.74. The number of carbonyl (C=O) groups is 2. The van der Waals surface area contributed by atoms with E-state index in [2.05, 4.69) is 5.32 Å². The lowest BCUT2D eigenvalue weighted by molar-refractivity contribution is -0.137. The van der Waals surface area contributed by atoms with E-state index in [1.165, 1.54) is 4.90 Å². The zero-order valence-corrected chi connectivity index (χ0v) is 11.3. The van der Waals surface area contributed by atoms with Crippen LogP contribution in [0.3, 0.4) is 0 Å². The Bertz CT molecular complexity index is 505. The Morgan fingerprint density at radius 2 is 2.00 bits per heavy atom.